The fourth-order valence-corrected chi connectivity index (χ4v) is 2.58. The molecule has 0 aliphatic carbocycles. The Morgan fingerprint density at radius 3 is 2.94 bits per heavy atom. The van der Waals surface area contributed by atoms with Crippen molar-refractivity contribution < 1.29 is 9.53 Å². The monoisotopic (exact) mass is 248 g/mol. The first-order chi connectivity index (χ1) is 8.27. The van der Waals surface area contributed by atoms with E-state index in [1.807, 2.05) is 24.3 Å². The first-order valence-corrected chi connectivity index (χ1v) is 6.80. The van der Waals surface area contributed by atoms with Gasteiger partial charge in [0.15, 0.2) is 5.76 Å². The van der Waals surface area contributed by atoms with Gasteiger partial charge in [-0.05, 0) is 37.5 Å². The van der Waals surface area contributed by atoms with Gasteiger partial charge in [-0.15, -0.1) is 11.8 Å². The Bertz CT molecular complexity index is 438. The molecule has 3 heteroatoms. The highest BCUT2D eigenvalue weighted by molar-refractivity contribution is 8.00. The summed E-state index contributed by atoms with van der Waals surface area (Å²) < 4.78 is 5.36. The van der Waals surface area contributed by atoms with Gasteiger partial charge in [-0.25, -0.2) is 0 Å². The quantitative estimate of drug-likeness (QED) is 0.764. The standard InChI is InChI=1S/C14H16O2S/c1-11-6-2-3-8-14(11)17-10-12(15)13-7-4-5-9-16-13/h2-3,6-8H,4-5,9-10H2,1H3. The van der Waals surface area contributed by atoms with E-state index in [0.29, 0.717) is 18.1 Å². The number of Topliss-reactive ketones (excluding diaryl/α,β-unsaturated/α-hetero) is 1. The molecule has 0 amide bonds. The van der Waals surface area contributed by atoms with Crippen molar-refractivity contribution in [2.45, 2.75) is 24.7 Å². The Morgan fingerprint density at radius 1 is 1.41 bits per heavy atom. The van der Waals surface area contributed by atoms with E-state index in [1.54, 1.807) is 11.8 Å². The van der Waals surface area contributed by atoms with Gasteiger partial charge in [-0.3, -0.25) is 4.79 Å². The smallest absolute Gasteiger partial charge is 0.207 e. The Kier molecular flexibility index (Phi) is 4.26. The van der Waals surface area contributed by atoms with Crippen molar-refractivity contribution in [1.82, 2.24) is 0 Å². The van der Waals surface area contributed by atoms with Crippen LogP contribution in [-0.4, -0.2) is 18.1 Å². The van der Waals surface area contributed by atoms with Crippen LogP contribution < -0.4 is 0 Å². The molecule has 1 aromatic carbocycles. The molecular weight excluding hydrogens is 232 g/mol. The predicted molar refractivity (Wildman–Crippen MR) is 70.2 cm³/mol. The van der Waals surface area contributed by atoms with Crippen LogP contribution in [0, 0.1) is 6.92 Å². The molecule has 90 valence electrons. The summed E-state index contributed by atoms with van der Waals surface area (Å²) in [5.74, 6) is 1.10. The number of allylic oxidation sites excluding steroid dienone is 2. The lowest BCUT2D eigenvalue weighted by Gasteiger charge is -2.13. The zero-order valence-electron chi connectivity index (χ0n) is 9.94. The summed E-state index contributed by atoms with van der Waals surface area (Å²) in [5.41, 5.74) is 1.21. The number of carbonyl (C=O) groups excluding carboxylic acids is 1. The molecular formula is C14H16O2S. The lowest BCUT2D eigenvalue weighted by Crippen LogP contribution is -2.12. The minimum atomic E-state index is 0.0953. The molecule has 0 spiro atoms. The van der Waals surface area contributed by atoms with Crippen molar-refractivity contribution in [3.05, 3.63) is 41.7 Å². The third-order valence-corrected chi connectivity index (χ3v) is 3.84. The highest BCUT2D eigenvalue weighted by Crippen LogP contribution is 2.23. The van der Waals surface area contributed by atoms with E-state index < -0.39 is 0 Å². The molecule has 1 aliphatic heterocycles. The third-order valence-electron chi connectivity index (χ3n) is 2.66. The summed E-state index contributed by atoms with van der Waals surface area (Å²) in [5, 5.41) is 0. The number of benzene rings is 1. The average Bonchev–Trinajstić information content (AvgIpc) is 2.38. The molecule has 0 bridgehead atoms. The molecule has 0 N–H and O–H groups in total. The van der Waals surface area contributed by atoms with Gasteiger partial charge in [0.05, 0.1) is 12.4 Å². The van der Waals surface area contributed by atoms with Crippen molar-refractivity contribution in [3.8, 4) is 0 Å². The number of aryl methyl sites for hydroxylation is 1. The van der Waals surface area contributed by atoms with Crippen molar-refractivity contribution in [3.63, 3.8) is 0 Å². The topological polar surface area (TPSA) is 26.3 Å². The van der Waals surface area contributed by atoms with E-state index in [2.05, 4.69) is 13.0 Å². The van der Waals surface area contributed by atoms with Gasteiger partial charge < -0.3 is 4.74 Å². The van der Waals surface area contributed by atoms with Gasteiger partial charge in [0.1, 0.15) is 0 Å². The summed E-state index contributed by atoms with van der Waals surface area (Å²) in [6, 6.07) is 8.11. The molecule has 1 aliphatic rings. The number of ketones is 1. The van der Waals surface area contributed by atoms with Gasteiger partial charge in [-0.2, -0.15) is 0 Å². The zero-order valence-corrected chi connectivity index (χ0v) is 10.8. The molecule has 0 radical (unpaired) electrons. The second kappa shape index (κ2) is 5.92. The number of hydrogen-bond acceptors (Lipinski definition) is 3. The molecule has 1 aromatic rings. The Hall–Kier alpha value is -1.22. The van der Waals surface area contributed by atoms with E-state index >= 15 is 0 Å². The van der Waals surface area contributed by atoms with Gasteiger partial charge in [0.25, 0.3) is 0 Å². The molecule has 17 heavy (non-hydrogen) atoms. The van der Waals surface area contributed by atoms with Gasteiger partial charge >= 0.3 is 0 Å². The maximum atomic E-state index is 11.9. The van der Waals surface area contributed by atoms with Crippen LogP contribution in [0.1, 0.15) is 18.4 Å². The number of carbonyl (C=O) groups is 1. The molecule has 0 atom stereocenters. The van der Waals surface area contributed by atoms with Crippen LogP contribution >= 0.6 is 11.8 Å². The van der Waals surface area contributed by atoms with Crippen molar-refractivity contribution in [2.75, 3.05) is 12.4 Å². The maximum absolute atomic E-state index is 11.9. The third kappa shape index (κ3) is 3.37. The summed E-state index contributed by atoms with van der Waals surface area (Å²) in [6.07, 6.45) is 3.88. The summed E-state index contributed by atoms with van der Waals surface area (Å²) >= 11 is 1.58. The van der Waals surface area contributed by atoms with Gasteiger partial charge in [0, 0.05) is 4.90 Å². The van der Waals surface area contributed by atoms with E-state index in [9.17, 15) is 4.79 Å². The SMILES string of the molecule is Cc1ccccc1SCC(=O)C1=CCCCO1. The van der Waals surface area contributed by atoms with Crippen LogP contribution in [0.3, 0.4) is 0 Å². The van der Waals surface area contributed by atoms with Crippen LogP contribution in [0.2, 0.25) is 0 Å². The fraction of sp³-hybridized carbons (Fsp3) is 0.357. The van der Waals surface area contributed by atoms with Crippen LogP contribution in [0.25, 0.3) is 0 Å². The zero-order chi connectivity index (χ0) is 12.1. The minimum Gasteiger partial charge on any atom is -0.490 e. The molecule has 0 fully saturated rings. The van der Waals surface area contributed by atoms with Crippen LogP contribution in [0.5, 0.6) is 0 Å². The lowest BCUT2D eigenvalue weighted by molar-refractivity contribution is -0.116. The second-order valence-electron chi connectivity index (χ2n) is 4.04. The van der Waals surface area contributed by atoms with E-state index in [-0.39, 0.29) is 5.78 Å². The van der Waals surface area contributed by atoms with Crippen LogP contribution in [-0.2, 0) is 9.53 Å². The summed E-state index contributed by atoms with van der Waals surface area (Å²) in [6.45, 7) is 2.73. The molecule has 2 nitrogen and oxygen atoms in total. The number of thioether (sulfide) groups is 1. The minimum absolute atomic E-state index is 0.0953. The number of hydrogen-bond donors (Lipinski definition) is 0. The molecule has 0 unspecified atom stereocenters. The largest absolute Gasteiger partial charge is 0.490 e. The molecule has 0 aromatic heterocycles. The fourth-order valence-electron chi connectivity index (χ4n) is 1.68. The number of ether oxygens (including phenoxy) is 1. The van der Waals surface area contributed by atoms with E-state index in [1.165, 1.54) is 5.56 Å². The number of rotatable bonds is 4. The van der Waals surface area contributed by atoms with Crippen molar-refractivity contribution in [1.29, 1.82) is 0 Å². The predicted octanol–water partition coefficient (Wildman–Crippen LogP) is 3.35. The van der Waals surface area contributed by atoms with E-state index in [0.717, 1.165) is 17.7 Å². The summed E-state index contributed by atoms with van der Waals surface area (Å²) in [4.78, 5) is 13.0. The normalized spacial score (nSPS) is 15.0. The molecule has 0 saturated carbocycles. The van der Waals surface area contributed by atoms with Gasteiger partial charge in [0.2, 0.25) is 5.78 Å². The summed E-state index contributed by atoms with van der Waals surface area (Å²) in [7, 11) is 0. The lowest BCUT2D eigenvalue weighted by atomic mass is 10.2. The molecule has 2 rings (SSSR count). The van der Waals surface area contributed by atoms with Crippen molar-refractivity contribution in [2.24, 2.45) is 0 Å². The van der Waals surface area contributed by atoms with Crippen LogP contribution in [0.15, 0.2) is 41.0 Å². The second-order valence-corrected chi connectivity index (χ2v) is 5.05. The average molecular weight is 248 g/mol. The maximum Gasteiger partial charge on any atom is 0.207 e. The first-order valence-electron chi connectivity index (χ1n) is 5.82. The van der Waals surface area contributed by atoms with Crippen LogP contribution in [0.4, 0.5) is 0 Å². The Labute approximate surface area is 106 Å². The first kappa shape index (κ1) is 12.2. The van der Waals surface area contributed by atoms with Gasteiger partial charge in [-0.1, -0.05) is 18.2 Å². The Balaban J connectivity index is 1.92. The highest BCUT2D eigenvalue weighted by Gasteiger charge is 2.14. The van der Waals surface area contributed by atoms with Crippen molar-refractivity contribution >= 4 is 17.5 Å². The van der Waals surface area contributed by atoms with E-state index in [4.69, 9.17) is 4.74 Å². The molecule has 1 heterocycles. The highest BCUT2D eigenvalue weighted by atomic mass is 32.2. The molecule has 0 saturated heterocycles. The Morgan fingerprint density at radius 2 is 2.24 bits per heavy atom.